The van der Waals surface area contributed by atoms with Crippen LogP contribution < -0.4 is 0 Å². The minimum atomic E-state index is -0.481. The molecule has 152 valence electrons. The van der Waals surface area contributed by atoms with Gasteiger partial charge in [0.25, 0.3) is 0 Å². The largest absolute Gasteiger partial charge is 0.299 e. The highest BCUT2D eigenvalue weighted by atomic mass is 32.2. The molecule has 0 aromatic heterocycles. The van der Waals surface area contributed by atoms with Crippen molar-refractivity contribution in [2.24, 2.45) is 5.92 Å². The van der Waals surface area contributed by atoms with Gasteiger partial charge in [-0.1, -0.05) is 44.2 Å². The third-order valence-corrected chi connectivity index (χ3v) is 8.09. The topological polar surface area (TPSA) is 34.1 Å². The molecule has 3 heteroatoms. The molecule has 1 saturated carbocycles. The lowest BCUT2D eigenvalue weighted by Crippen LogP contribution is -2.32. The van der Waals surface area contributed by atoms with Gasteiger partial charge < -0.3 is 0 Å². The molecule has 2 atom stereocenters. The summed E-state index contributed by atoms with van der Waals surface area (Å²) in [6.07, 6.45) is 3.15. The van der Waals surface area contributed by atoms with Gasteiger partial charge in [-0.3, -0.25) is 9.59 Å². The van der Waals surface area contributed by atoms with Gasteiger partial charge >= 0.3 is 0 Å². The van der Waals surface area contributed by atoms with Gasteiger partial charge in [-0.05, 0) is 78.5 Å². The van der Waals surface area contributed by atoms with Crippen molar-refractivity contribution in [3.05, 3.63) is 64.2 Å². The molecular formula is C26H30O2S. The first-order valence-corrected chi connectivity index (χ1v) is 11.7. The molecule has 0 N–H and O–H groups in total. The third kappa shape index (κ3) is 3.70. The van der Waals surface area contributed by atoms with Gasteiger partial charge in [0.05, 0.1) is 5.92 Å². The summed E-state index contributed by atoms with van der Waals surface area (Å²) in [5, 5.41) is 0. The number of thioether (sulfide) groups is 1. The molecule has 0 saturated heterocycles. The molecule has 0 spiro atoms. The summed E-state index contributed by atoms with van der Waals surface area (Å²) in [5.74, 6) is 1.03. The van der Waals surface area contributed by atoms with E-state index in [9.17, 15) is 9.59 Å². The van der Waals surface area contributed by atoms with Crippen LogP contribution in [-0.2, 0) is 10.2 Å². The maximum atomic E-state index is 13.5. The van der Waals surface area contributed by atoms with Crippen molar-refractivity contribution in [1.29, 1.82) is 0 Å². The second kappa shape index (κ2) is 7.75. The Morgan fingerprint density at radius 1 is 1.10 bits per heavy atom. The number of rotatable bonds is 3. The Hall–Kier alpha value is -1.87. The number of carbonyl (C=O) groups excluding carboxylic acids is 2. The van der Waals surface area contributed by atoms with Crippen molar-refractivity contribution in [3.63, 3.8) is 0 Å². The van der Waals surface area contributed by atoms with Crippen LogP contribution in [0.5, 0.6) is 0 Å². The standard InChI is InChI=1S/C26H30O2S/c1-16-14-21(17(2)23-25(16)29-13-12-26(23,3)4)24(28)20-11-10-19(15-22(20)27)18-8-6-5-7-9-18/h5-9,14,19-20H,10-13,15H2,1-4H3. The molecular weight excluding hydrogens is 376 g/mol. The van der Waals surface area contributed by atoms with Crippen molar-refractivity contribution in [1.82, 2.24) is 0 Å². The average molecular weight is 407 g/mol. The molecule has 29 heavy (non-hydrogen) atoms. The summed E-state index contributed by atoms with van der Waals surface area (Å²) in [7, 11) is 0. The van der Waals surface area contributed by atoms with Gasteiger partial charge in [-0.25, -0.2) is 0 Å². The second-order valence-corrected chi connectivity index (χ2v) is 10.4. The van der Waals surface area contributed by atoms with Gasteiger partial charge in [0.2, 0.25) is 0 Å². The van der Waals surface area contributed by atoms with Crippen LogP contribution in [0.1, 0.15) is 78.1 Å². The van der Waals surface area contributed by atoms with Crippen LogP contribution in [-0.4, -0.2) is 17.3 Å². The first-order valence-electron chi connectivity index (χ1n) is 10.7. The van der Waals surface area contributed by atoms with Gasteiger partial charge in [-0.15, -0.1) is 11.8 Å². The number of Topliss-reactive ketones (excluding diaryl/α,β-unsaturated/α-hetero) is 2. The van der Waals surface area contributed by atoms with E-state index in [0.29, 0.717) is 12.8 Å². The van der Waals surface area contributed by atoms with E-state index in [1.807, 2.05) is 36.0 Å². The Morgan fingerprint density at radius 3 is 2.52 bits per heavy atom. The summed E-state index contributed by atoms with van der Waals surface area (Å²) in [4.78, 5) is 27.8. The summed E-state index contributed by atoms with van der Waals surface area (Å²) in [5.41, 5.74) is 5.64. The number of hydrogen-bond acceptors (Lipinski definition) is 3. The van der Waals surface area contributed by atoms with Crippen LogP contribution >= 0.6 is 11.8 Å². The van der Waals surface area contributed by atoms with Gasteiger partial charge in [0.1, 0.15) is 5.78 Å². The molecule has 4 rings (SSSR count). The predicted molar refractivity (Wildman–Crippen MR) is 120 cm³/mol. The minimum absolute atomic E-state index is 0.0382. The summed E-state index contributed by atoms with van der Waals surface area (Å²) in [6.45, 7) is 8.75. The molecule has 2 unspecified atom stereocenters. The molecule has 0 radical (unpaired) electrons. The van der Waals surface area contributed by atoms with E-state index in [1.165, 1.54) is 21.6 Å². The van der Waals surface area contributed by atoms with E-state index in [0.717, 1.165) is 29.7 Å². The van der Waals surface area contributed by atoms with Gasteiger partial charge in [0.15, 0.2) is 5.78 Å². The summed E-state index contributed by atoms with van der Waals surface area (Å²) in [6, 6.07) is 12.3. The molecule has 2 aliphatic rings. The van der Waals surface area contributed by atoms with E-state index in [1.54, 1.807) is 0 Å². The highest BCUT2D eigenvalue weighted by molar-refractivity contribution is 7.99. The summed E-state index contributed by atoms with van der Waals surface area (Å²) >= 11 is 1.91. The molecule has 0 bridgehead atoms. The zero-order valence-electron chi connectivity index (χ0n) is 17.9. The number of ketones is 2. The number of aryl methyl sites for hydroxylation is 1. The van der Waals surface area contributed by atoms with E-state index in [-0.39, 0.29) is 22.9 Å². The normalized spacial score (nSPS) is 23.5. The van der Waals surface area contributed by atoms with Crippen molar-refractivity contribution in [2.45, 2.75) is 69.6 Å². The number of carbonyl (C=O) groups is 2. The van der Waals surface area contributed by atoms with Crippen LogP contribution in [0, 0.1) is 19.8 Å². The van der Waals surface area contributed by atoms with E-state index < -0.39 is 5.92 Å². The number of fused-ring (bicyclic) bond motifs is 1. The Balaban J connectivity index is 1.63. The zero-order valence-corrected chi connectivity index (χ0v) is 18.7. The van der Waals surface area contributed by atoms with Crippen LogP contribution in [0.25, 0.3) is 0 Å². The molecule has 2 aromatic carbocycles. The predicted octanol–water partition coefficient (Wildman–Crippen LogP) is 6.41. The monoisotopic (exact) mass is 406 g/mol. The second-order valence-electron chi connectivity index (χ2n) is 9.32. The number of hydrogen-bond donors (Lipinski definition) is 0. The molecule has 1 aliphatic heterocycles. The van der Waals surface area contributed by atoms with Crippen molar-refractivity contribution < 1.29 is 9.59 Å². The number of benzene rings is 2. The Kier molecular flexibility index (Phi) is 5.46. The summed E-state index contributed by atoms with van der Waals surface area (Å²) < 4.78 is 0. The Labute approximate surface area is 178 Å². The molecule has 1 aliphatic carbocycles. The first kappa shape index (κ1) is 20.4. The lowest BCUT2D eigenvalue weighted by molar-refractivity contribution is -0.123. The molecule has 2 nitrogen and oxygen atoms in total. The fourth-order valence-electron chi connectivity index (χ4n) is 5.17. The lowest BCUT2D eigenvalue weighted by Gasteiger charge is -2.36. The third-order valence-electron chi connectivity index (χ3n) is 6.87. The van der Waals surface area contributed by atoms with E-state index >= 15 is 0 Å². The van der Waals surface area contributed by atoms with Crippen LogP contribution in [0.15, 0.2) is 41.3 Å². The quantitative estimate of drug-likeness (QED) is 0.436. The maximum absolute atomic E-state index is 13.5. The van der Waals surface area contributed by atoms with Crippen molar-refractivity contribution in [3.8, 4) is 0 Å². The molecule has 1 fully saturated rings. The molecule has 0 amide bonds. The highest BCUT2D eigenvalue weighted by Gasteiger charge is 2.37. The molecule has 1 heterocycles. The van der Waals surface area contributed by atoms with E-state index in [2.05, 4.69) is 39.8 Å². The fraction of sp³-hybridized carbons (Fsp3) is 0.462. The smallest absolute Gasteiger partial charge is 0.173 e. The lowest BCUT2D eigenvalue weighted by atomic mass is 9.73. The Bertz CT molecular complexity index is 958. The minimum Gasteiger partial charge on any atom is -0.299 e. The first-order chi connectivity index (χ1) is 13.8. The van der Waals surface area contributed by atoms with Crippen LogP contribution in [0.2, 0.25) is 0 Å². The van der Waals surface area contributed by atoms with Crippen molar-refractivity contribution >= 4 is 23.3 Å². The van der Waals surface area contributed by atoms with Crippen LogP contribution in [0.4, 0.5) is 0 Å². The zero-order chi connectivity index (χ0) is 20.8. The SMILES string of the molecule is Cc1cc(C(=O)C2CCC(c3ccccc3)CC2=O)c(C)c2c1SCCC2(C)C. The highest BCUT2D eigenvalue weighted by Crippen LogP contribution is 2.46. The molecule has 2 aromatic rings. The van der Waals surface area contributed by atoms with Crippen LogP contribution in [0.3, 0.4) is 0 Å². The fourth-order valence-corrected chi connectivity index (χ4v) is 6.85. The maximum Gasteiger partial charge on any atom is 0.173 e. The van der Waals surface area contributed by atoms with Gasteiger partial charge in [-0.2, -0.15) is 0 Å². The van der Waals surface area contributed by atoms with Gasteiger partial charge in [0, 0.05) is 16.9 Å². The Morgan fingerprint density at radius 2 is 1.83 bits per heavy atom. The average Bonchev–Trinajstić information content (AvgIpc) is 2.70. The van der Waals surface area contributed by atoms with Crippen molar-refractivity contribution in [2.75, 3.05) is 5.75 Å². The van der Waals surface area contributed by atoms with E-state index in [4.69, 9.17) is 0 Å².